The maximum atomic E-state index is 3.48. The van der Waals surface area contributed by atoms with Crippen molar-refractivity contribution < 1.29 is 0 Å². The standard InChI is InChI=1S/C13H21N/c1-2-5-12(6-3-1)7-4-10-14-11-13-8-9-13/h1-2,4,7,12-14H,3,5-6,8-11H2/b7-4+. The molecule has 14 heavy (non-hydrogen) atoms. The van der Waals surface area contributed by atoms with Crippen LogP contribution in [0.2, 0.25) is 0 Å². The van der Waals surface area contributed by atoms with Crippen LogP contribution < -0.4 is 5.32 Å². The molecule has 0 radical (unpaired) electrons. The quantitative estimate of drug-likeness (QED) is 0.520. The highest BCUT2D eigenvalue weighted by molar-refractivity contribution is 4.99. The molecule has 1 saturated carbocycles. The molecule has 78 valence electrons. The van der Waals surface area contributed by atoms with E-state index in [9.17, 15) is 0 Å². The van der Waals surface area contributed by atoms with E-state index in [2.05, 4.69) is 29.6 Å². The number of allylic oxidation sites excluding steroid dienone is 3. The average molecular weight is 191 g/mol. The van der Waals surface area contributed by atoms with E-state index in [-0.39, 0.29) is 0 Å². The van der Waals surface area contributed by atoms with E-state index in [4.69, 9.17) is 0 Å². The SMILES string of the molecule is C1=CCC(/C=C/CNCC2CC2)CC1. The van der Waals surface area contributed by atoms with Crippen LogP contribution in [0.25, 0.3) is 0 Å². The van der Waals surface area contributed by atoms with Gasteiger partial charge in [0.05, 0.1) is 0 Å². The minimum atomic E-state index is 0.808. The average Bonchev–Trinajstić information content (AvgIpc) is 3.03. The summed E-state index contributed by atoms with van der Waals surface area (Å²) in [5, 5.41) is 3.48. The van der Waals surface area contributed by atoms with Crippen molar-refractivity contribution in [1.29, 1.82) is 0 Å². The number of hydrogen-bond donors (Lipinski definition) is 1. The highest BCUT2D eigenvalue weighted by atomic mass is 14.9. The third-order valence-corrected chi connectivity index (χ3v) is 3.11. The predicted octanol–water partition coefficient (Wildman–Crippen LogP) is 2.90. The van der Waals surface area contributed by atoms with E-state index < -0.39 is 0 Å². The highest BCUT2D eigenvalue weighted by Crippen LogP contribution is 2.27. The van der Waals surface area contributed by atoms with Crippen LogP contribution in [-0.2, 0) is 0 Å². The first kappa shape index (κ1) is 9.97. The molecule has 1 unspecified atom stereocenters. The van der Waals surface area contributed by atoms with Crippen LogP contribution in [0.5, 0.6) is 0 Å². The molecule has 1 heteroatoms. The van der Waals surface area contributed by atoms with Crippen molar-refractivity contribution in [3.8, 4) is 0 Å². The zero-order chi connectivity index (χ0) is 9.64. The Labute approximate surface area is 87.3 Å². The Morgan fingerprint density at radius 2 is 2.14 bits per heavy atom. The van der Waals surface area contributed by atoms with Crippen LogP contribution in [-0.4, -0.2) is 13.1 Å². The number of nitrogens with one attached hydrogen (secondary N) is 1. The smallest absolute Gasteiger partial charge is 0.0135 e. The Morgan fingerprint density at radius 3 is 2.86 bits per heavy atom. The van der Waals surface area contributed by atoms with Gasteiger partial charge < -0.3 is 5.32 Å². The molecule has 1 N–H and O–H groups in total. The molecule has 2 rings (SSSR count). The Bertz CT molecular complexity index is 213. The van der Waals surface area contributed by atoms with Crippen LogP contribution in [0, 0.1) is 11.8 Å². The topological polar surface area (TPSA) is 12.0 Å². The van der Waals surface area contributed by atoms with Gasteiger partial charge in [0.2, 0.25) is 0 Å². The summed E-state index contributed by atoms with van der Waals surface area (Å²) in [7, 11) is 0. The highest BCUT2D eigenvalue weighted by Gasteiger charge is 2.19. The van der Waals surface area contributed by atoms with Gasteiger partial charge in [-0.25, -0.2) is 0 Å². The van der Waals surface area contributed by atoms with E-state index in [1.165, 1.54) is 38.6 Å². The van der Waals surface area contributed by atoms with Crippen molar-refractivity contribution in [2.75, 3.05) is 13.1 Å². The second-order valence-corrected chi connectivity index (χ2v) is 4.57. The van der Waals surface area contributed by atoms with E-state index in [0.717, 1.165) is 18.4 Å². The van der Waals surface area contributed by atoms with Gasteiger partial charge in [0.1, 0.15) is 0 Å². The van der Waals surface area contributed by atoms with E-state index in [0.29, 0.717) is 0 Å². The lowest BCUT2D eigenvalue weighted by Gasteiger charge is -2.12. The van der Waals surface area contributed by atoms with Crippen LogP contribution in [0.1, 0.15) is 32.1 Å². The molecule has 0 bridgehead atoms. The van der Waals surface area contributed by atoms with Gasteiger partial charge in [0, 0.05) is 6.54 Å². The third-order valence-electron chi connectivity index (χ3n) is 3.11. The minimum Gasteiger partial charge on any atom is -0.313 e. The van der Waals surface area contributed by atoms with Crippen molar-refractivity contribution in [1.82, 2.24) is 5.32 Å². The van der Waals surface area contributed by atoms with Crippen molar-refractivity contribution in [3.05, 3.63) is 24.3 Å². The zero-order valence-corrected chi connectivity index (χ0v) is 8.91. The Balaban J connectivity index is 1.54. The Kier molecular flexibility index (Phi) is 3.81. The summed E-state index contributed by atoms with van der Waals surface area (Å²) in [6, 6.07) is 0. The molecule has 0 spiro atoms. The van der Waals surface area contributed by atoms with E-state index >= 15 is 0 Å². The molecule has 0 saturated heterocycles. The van der Waals surface area contributed by atoms with Gasteiger partial charge in [0.15, 0.2) is 0 Å². The fraction of sp³-hybridized carbons (Fsp3) is 0.692. The summed E-state index contributed by atoms with van der Waals surface area (Å²) in [4.78, 5) is 0. The van der Waals surface area contributed by atoms with Crippen molar-refractivity contribution >= 4 is 0 Å². The van der Waals surface area contributed by atoms with E-state index in [1.807, 2.05) is 0 Å². The first-order valence-electron chi connectivity index (χ1n) is 5.97. The molecule has 0 aromatic rings. The van der Waals surface area contributed by atoms with Crippen molar-refractivity contribution in [3.63, 3.8) is 0 Å². The second kappa shape index (κ2) is 5.35. The lowest BCUT2D eigenvalue weighted by atomic mass is 9.94. The summed E-state index contributed by atoms with van der Waals surface area (Å²) in [6.45, 7) is 2.30. The maximum Gasteiger partial charge on any atom is 0.0135 e. The molecular formula is C13H21N. The van der Waals surface area contributed by atoms with Gasteiger partial charge in [-0.05, 0) is 50.5 Å². The summed E-state index contributed by atoms with van der Waals surface area (Å²) >= 11 is 0. The van der Waals surface area contributed by atoms with Crippen molar-refractivity contribution in [2.45, 2.75) is 32.1 Å². The lowest BCUT2D eigenvalue weighted by molar-refractivity contribution is 0.580. The van der Waals surface area contributed by atoms with Crippen molar-refractivity contribution in [2.24, 2.45) is 11.8 Å². The summed E-state index contributed by atoms with van der Waals surface area (Å²) in [5.74, 6) is 1.81. The zero-order valence-electron chi connectivity index (χ0n) is 8.91. The largest absolute Gasteiger partial charge is 0.313 e. The monoisotopic (exact) mass is 191 g/mol. The van der Waals surface area contributed by atoms with Crippen LogP contribution in [0.4, 0.5) is 0 Å². The second-order valence-electron chi connectivity index (χ2n) is 4.57. The Hall–Kier alpha value is -0.560. The van der Waals surface area contributed by atoms with Gasteiger partial charge in [-0.1, -0.05) is 24.3 Å². The van der Waals surface area contributed by atoms with Crippen LogP contribution in [0.3, 0.4) is 0 Å². The first-order valence-corrected chi connectivity index (χ1v) is 5.97. The summed E-state index contributed by atoms with van der Waals surface area (Å²) in [5.41, 5.74) is 0. The normalized spacial score (nSPS) is 27.3. The molecular weight excluding hydrogens is 170 g/mol. The Morgan fingerprint density at radius 1 is 1.21 bits per heavy atom. The molecule has 2 aliphatic carbocycles. The fourth-order valence-electron chi connectivity index (χ4n) is 1.95. The van der Waals surface area contributed by atoms with E-state index in [1.54, 1.807) is 0 Å². The molecule has 0 amide bonds. The van der Waals surface area contributed by atoms with Gasteiger partial charge in [-0.15, -0.1) is 0 Å². The molecule has 2 aliphatic rings. The summed E-state index contributed by atoms with van der Waals surface area (Å²) in [6.07, 6.45) is 16.1. The first-order chi connectivity index (χ1) is 6.95. The summed E-state index contributed by atoms with van der Waals surface area (Å²) < 4.78 is 0. The van der Waals surface area contributed by atoms with Gasteiger partial charge in [-0.3, -0.25) is 0 Å². The number of rotatable bonds is 5. The molecule has 0 aromatic heterocycles. The molecule has 1 fully saturated rings. The maximum absolute atomic E-state index is 3.48. The lowest BCUT2D eigenvalue weighted by Crippen LogP contribution is -2.16. The molecule has 0 aliphatic heterocycles. The third kappa shape index (κ3) is 3.67. The fourth-order valence-corrected chi connectivity index (χ4v) is 1.95. The predicted molar refractivity (Wildman–Crippen MR) is 61.2 cm³/mol. The molecule has 0 aromatic carbocycles. The number of hydrogen-bond acceptors (Lipinski definition) is 1. The van der Waals surface area contributed by atoms with Gasteiger partial charge in [0.25, 0.3) is 0 Å². The molecule has 1 nitrogen and oxygen atoms in total. The molecule has 0 heterocycles. The van der Waals surface area contributed by atoms with Crippen LogP contribution >= 0.6 is 0 Å². The van der Waals surface area contributed by atoms with Gasteiger partial charge in [-0.2, -0.15) is 0 Å². The van der Waals surface area contributed by atoms with Gasteiger partial charge >= 0.3 is 0 Å². The van der Waals surface area contributed by atoms with Crippen LogP contribution in [0.15, 0.2) is 24.3 Å². The minimum absolute atomic E-state index is 0.808. The molecule has 1 atom stereocenters.